The van der Waals surface area contributed by atoms with E-state index in [1.54, 1.807) is 12.1 Å². The molecule has 0 amide bonds. The van der Waals surface area contributed by atoms with Crippen LogP contribution in [0.1, 0.15) is 44.4 Å². The van der Waals surface area contributed by atoms with Crippen molar-refractivity contribution in [1.82, 2.24) is 9.29 Å². The zero-order valence-electron chi connectivity index (χ0n) is 17.5. The lowest BCUT2D eigenvalue weighted by Gasteiger charge is -2.26. The number of aromatic nitrogens is 1. The van der Waals surface area contributed by atoms with Crippen molar-refractivity contribution < 1.29 is 13.2 Å². The molecular formula is C22H31N3O3S. The van der Waals surface area contributed by atoms with Crippen LogP contribution in [0.5, 0.6) is 0 Å². The predicted octanol–water partition coefficient (Wildman–Crippen LogP) is 3.86. The molecule has 1 aromatic heterocycles. The minimum atomic E-state index is -3.52. The minimum Gasteiger partial charge on any atom is -0.379 e. The molecule has 1 N–H and O–H groups in total. The summed E-state index contributed by atoms with van der Waals surface area (Å²) in [6.07, 6.45) is 3.66. The highest BCUT2D eigenvalue weighted by molar-refractivity contribution is 7.89. The fourth-order valence-corrected chi connectivity index (χ4v) is 4.88. The molecule has 0 spiro atoms. The Balaban J connectivity index is 1.74. The molecule has 2 aromatic rings. The van der Waals surface area contributed by atoms with E-state index in [1.165, 1.54) is 21.6 Å². The standard InChI is InChI=1S/C22H31N3O3S/c1-4-5-18-6-8-19(9-7-18)22(17(2)3)24-21-11-10-20(16-23-21)29(26,27)25-12-14-28-15-13-25/h6-11,16-17,22H,4-5,12-15H2,1-3H3,(H,23,24)/t22-/m0/s1. The molecule has 0 saturated carbocycles. The van der Waals surface area contributed by atoms with Crippen molar-refractivity contribution in [3.63, 3.8) is 0 Å². The van der Waals surface area contributed by atoms with Crippen LogP contribution in [0.4, 0.5) is 5.82 Å². The number of benzene rings is 1. The Kier molecular flexibility index (Phi) is 7.27. The lowest BCUT2D eigenvalue weighted by Crippen LogP contribution is -2.40. The molecule has 0 radical (unpaired) electrons. The summed E-state index contributed by atoms with van der Waals surface area (Å²) in [5.74, 6) is 1.02. The van der Waals surface area contributed by atoms with Gasteiger partial charge in [0.1, 0.15) is 10.7 Å². The second kappa shape index (κ2) is 9.69. The molecule has 1 atom stereocenters. The summed E-state index contributed by atoms with van der Waals surface area (Å²) < 4.78 is 32.2. The van der Waals surface area contributed by atoms with Crippen LogP contribution in [-0.2, 0) is 21.2 Å². The number of hydrogen-bond donors (Lipinski definition) is 1. The van der Waals surface area contributed by atoms with Crippen LogP contribution in [0.2, 0.25) is 0 Å². The van der Waals surface area contributed by atoms with E-state index in [2.05, 4.69) is 55.3 Å². The summed E-state index contributed by atoms with van der Waals surface area (Å²) >= 11 is 0. The van der Waals surface area contributed by atoms with E-state index in [9.17, 15) is 8.42 Å². The van der Waals surface area contributed by atoms with Crippen molar-refractivity contribution in [3.8, 4) is 0 Å². The largest absolute Gasteiger partial charge is 0.379 e. The van der Waals surface area contributed by atoms with Crippen LogP contribution in [-0.4, -0.2) is 44.0 Å². The van der Waals surface area contributed by atoms with Crippen LogP contribution in [0.3, 0.4) is 0 Å². The smallest absolute Gasteiger partial charge is 0.244 e. The molecule has 1 aromatic carbocycles. The highest BCUT2D eigenvalue weighted by Gasteiger charge is 2.26. The van der Waals surface area contributed by atoms with Gasteiger partial charge in [-0.05, 0) is 35.6 Å². The number of anilines is 1. The third-order valence-electron chi connectivity index (χ3n) is 5.19. The summed E-state index contributed by atoms with van der Waals surface area (Å²) in [7, 11) is -3.52. The van der Waals surface area contributed by atoms with Crippen LogP contribution >= 0.6 is 0 Å². The Hall–Kier alpha value is -1.96. The molecule has 0 unspecified atom stereocenters. The fourth-order valence-electron chi connectivity index (χ4n) is 3.53. The molecule has 29 heavy (non-hydrogen) atoms. The first-order valence-corrected chi connectivity index (χ1v) is 11.7. The van der Waals surface area contributed by atoms with Gasteiger partial charge in [-0.1, -0.05) is 51.5 Å². The van der Waals surface area contributed by atoms with E-state index in [-0.39, 0.29) is 10.9 Å². The molecule has 0 bridgehead atoms. The molecule has 158 valence electrons. The van der Waals surface area contributed by atoms with Crippen molar-refractivity contribution >= 4 is 15.8 Å². The number of rotatable bonds is 8. The van der Waals surface area contributed by atoms with Gasteiger partial charge in [0.05, 0.1) is 19.3 Å². The number of nitrogens with one attached hydrogen (secondary N) is 1. The maximum absolute atomic E-state index is 12.7. The summed E-state index contributed by atoms with van der Waals surface area (Å²) in [4.78, 5) is 4.60. The average Bonchev–Trinajstić information content (AvgIpc) is 2.74. The van der Waals surface area contributed by atoms with Crippen LogP contribution < -0.4 is 5.32 Å². The number of morpholine rings is 1. The lowest BCUT2D eigenvalue weighted by atomic mass is 9.94. The summed E-state index contributed by atoms with van der Waals surface area (Å²) in [6.45, 7) is 8.13. The molecule has 6 nitrogen and oxygen atoms in total. The molecule has 1 saturated heterocycles. The van der Waals surface area contributed by atoms with Crippen molar-refractivity contribution in [1.29, 1.82) is 0 Å². The summed E-state index contributed by atoms with van der Waals surface area (Å²) in [5.41, 5.74) is 2.54. The van der Waals surface area contributed by atoms with E-state index in [0.717, 1.165) is 12.8 Å². The normalized spacial score (nSPS) is 16.7. The second-order valence-electron chi connectivity index (χ2n) is 7.75. The Morgan fingerprint density at radius 3 is 2.34 bits per heavy atom. The van der Waals surface area contributed by atoms with Gasteiger partial charge in [0.2, 0.25) is 10.0 Å². The first-order valence-electron chi connectivity index (χ1n) is 10.3. The first-order chi connectivity index (χ1) is 13.9. The Bertz CT molecular complexity index is 875. The van der Waals surface area contributed by atoms with Gasteiger partial charge in [-0.2, -0.15) is 4.31 Å². The highest BCUT2D eigenvalue weighted by atomic mass is 32.2. The third-order valence-corrected chi connectivity index (χ3v) is 7.07. The number of ether oxygens (including phenoxy) is 1. The van der Waals surface area contributed by atoms with Crippen LogP contribution in [0, 0.1) is 5.92 Å². The predicted molar refractivity (Wildman–Crippen MR) is 115 cm³/mol. The maximum atomic E-state index is 12.7. The van der Waals surface area contributed by atoms with Crippen LogP contribution in [0.15, 0.2) is 47.5 Å². The Morgan fingerprint density at radius 1 is 1.10 bits per heavy atom. The van der Waals surface area contributed by atoms with E-state index in [1.807, 2.05) is 0 Å². The molecule has 0 aliphatic carbocycles. The number of hydrogen-bond acceptors (Lipinski definition) is 5. The lowest BCUT2D eigenvalue weighted by molar-refractivity contribution is 0.0730. The molecular weight excluding hydrogens is 386 g/mol. The zero-order valence-corrected chi connectivity index (χ0v) is 18.3. The molecule has 1 aliphatic rings. The average molecular weight is 418 g/mol. The molecule has 3 rings (SSSR count). The van der Waals surface area contributed by atoms with E-state index in [0.29, 0.717) is 38.0 Å². The number of nitrogens with zero attached hydrogens (tertiary/aromatic N) is 2. The molecule has 1 fully saturated rings. The summed E-state index contributed by atoms with van der Waals surface area (Å²) in [6, 6.07) is 12.2. The summed E-state index contributed by atoms with van der Waals surface area (Å²) in [5, 5.41) is 3.46. The van der Waals surface area contributed by atoms with Gasteiger partial charge < -0.3 is 10.1 Å². The molecule has 1 aliphatic heterocycles. The number of sulfonamides is 1. The fraction of sp³-hybridized carbons (Fsp3) is 0.500. The third kappa shape index (κ3) is 5.35. The maximum Gasteiger partial charge on any atom is 0.244 e. The van der Waals surface area contributed by atoms with Gasteiger partial charge in [-0.15, -0.1) is 0 Å². The van der Waals surface area contributed by atoms with Crippen molar-refractivity contribution in [3.05, 3.63) is 53.7 Å². The topological polar surface area (TPSA) is 71.5 Å². The van der Waals surface area contributed by atoms with Gasteiger partial charge in [-0.3, -0.25) is 0 Å². The van der Waals surface area contributed by atoms with E-state index in [4.69, 9.17) is 4.74 Å². The second-order valence-corrected chi connectivity index (χ2v) is 9.69. The SMILES string of the molecule is CCCc1ccc([C@@H](Nc2ccc(S(=O)(=O)N3CCOCC3)cn2)C(C)C)cc1. The monoisotopic (exact) mass is 417 g/mol. The van der Waals surface area contributed by atoms with Crippen molar-refractivity contribution in [2.45, 2.75) is 44.6 Å². The van der Waals surface area contributed by atoms with Gasteiger partial charge in [0.25, 0.3) is 0 Å². The van der Waals surface area contributed by atoms with Gasteiger partial charge in [-0.25, -0.2) is 13.4 Å². The quantitative estimate of drug-likeness (QED) is 0.706. The van der Waals surface area contributed by atoms with Gasteiger partial charge in [0, 0.05) is 19.3 Å². The molecule has 7 heteroatoms. The van der Waals surface area contributed by atoms with E-state index < -0.39 is 10.0 Å². The van der Waals surface area contributed by atoms with E-state index >= 15 is 0 Å². The first kappa shape index (κ1) is 21.7. The highest BCUT2D eigenvalue weighted by Crippen LogP contribution is 2.27. The van der Waals surface area contributed by atoms with Crippen molar-refractivity contribution in [2.75, 3.05) is 31.6 Å². The van der Waals surface area contributed by atoms with Crippen molar-refractivity contribution in [2.24, 2.45) is 5.92 Å². The number of pyridine rings is 1. The Morgan fingerprint density at radius 2 is 1.79 bits per heavy atom. The number of aryl methyl sites for hydroxylation is 1. The Labute approximate surface area is 174 Å². The van der Waals surface area contributed by atoms with Gasteiger partial charge >= 0.3 is 0 Å². The zero-order chi connectivity index (χ0) is 20.9. The molecule has 2 heterocycles. The minimum absolute atomic E-state index is 0.0971. The van der Waals surface area contributed by atoms with Crippen LogP contribution in [0.25, 0.3) is 0 Å². The van der Waals surface area contributed by atoms with Gasteiger partial charge in [0.15, 0.2) is 0 Å².